The molecule has 2 N–H and O–H groups in total. The molecule has 2 unspecified atom stereocenters. The fraction of sp³-hybridized carbons (Fsp3) is 0.552. The van der Waals surface area contributed by atoms with Gasteiger partial charge in [-0.2, -0.15) is 0 Å². The summed E-state index contributed by atoms with van der Waals surface area (Å²) in [6.45, 7) is 14.2. The van der Waals surface area contributed by atoms with Gasteiger partial charge in [-0.1, -0.05) is 47.5 Å². The molecule has 2 saturated heterocycles. The molecular weight excluding hydrogens is 507 g/mol. The molecule has 0 aliphatic carbocycles. The van der Waals surface area contributed by atoms with E-state index in [1.807, 2.05) is 36.4 Å². The van der Waals surface area contributed by atoms with Gasteiger partial charge in [0.25, 0.3) is 0 Å². The average molecular weight is 550 g/mol. The van der Waals surface area contributed by atoms with Crippen LogP contribution in [-0.4, -0.2) is 76.2 Å². The smallest absolute Gasteiger partial charge is 0.407 e. The Bertz CT molecular complexity index is 963. The molecule has 4 rings (SSSR count). The van der Waals surface area contributed by atoms with Crippen LogP contribution in [0.25, 0.3) is 0 Å². The third kappa shape index (κ3) is 9.15. The lowest BCUT2D eigenvalue weighted by atomic mass is 10.1. The van der Waals surface area contributed by atoms with Crippen molar-refractivity contribution < 1.29 is 9.90 Å². The molecule has 2 aromatic carbocycles. The number of benzene rings is 2. The maximum atomic E-state index is 11.0. The van der Waals surface area contributed by atoms with Gasteiger partial charge in [0.15, 0.2) is 0 Å². The lowest BCUT2D eigenvalue weighted by Crippen LogP contribution is -2.42. The van der Waals surface area contributed by atoms with E-state index in [9.17, 15) is 4.79 Å². The minimum Gasteiger partial charge on any atom is -0.465 e. The van der Waals surface area contributed by atoms with Crippen molar-refractivity contribution >= 4 is 29.3 Å². The van der Waals surface area contributed by atoms with Crippen LogP contribution in [0.3, 0.4) is 0 Å². The van der Waals surface area contributed by atoms with Gasteiger partial charge in [-0.15, -0.1) is 0 Å². The highest BCUT2D eigenvalue weighted by atomic mass is 35.5. The molecule has 2 aliphatic heterocycles. The van der Waals surface area contributed by atoms with E-state index in [0.717, 1.165) is 42.6 Å². The normalized spacial score (nSPS) is 19.7. The number of carbonyl (C=O) groups is 1. The van der Waals surface area contributed by atoms with E-state index in [1.165, 1.54) is 22.4 Å². The number of nitrogens with zero attached hydrogens (tertiary/aromatic N) is 3. The first kappa shape index (κ1) is 29.7. The summed E-state index contributed by atoms with van der Waals surface area (Å²) in [6.07, 6.45) is 1.34. The van der Waals surface area contributed by atoms with Crippen LogP contribution in [0, 0.1) is 0 Å². The van der Waals surface area contributed by atoms with Crippen molar-refractivity contribution in [1.29, 1.82) is 0 Å². The third-order valence-electron chi connectivity index (χ3n) is 7.29. The van der Waals surface area contributed by atoms with Crippen LogP contribution in [0.4, 0.5) is 4.79 Å². The van der Waals surface area contributed by atoms with Crippen molar-refractivity contribution in [3.63, 3.8) is 0 Å². The van der Waals surface area contributed by atoms with Crippen molar-refractivity contribution in [2.24, 2.45) is 0 Å². The molecule has 2 heterocycles. The largest absolute Gasteiger partial charge is 0.465 e. The van der Waals surface area contributed by atoms with Crippen LogP contribution in [0.1, 0.15) is 51.7 Å². The zero-order valence-corrected chi connectivity index (χ0v) is 24.0. The standard InChI is InChI=1S/C15H21ClN2O2.C14H21ClN2/c1-11(2)18(9-12-3-5-13(16)6-4-12)14-7-8-17(10-14)15(19)20;1-11(2)17(14-7-8-16-9-14)10-12-3-5-13(15)6-4-12/h3-6,11,14H,7-10H2,1-2H3,(H,19,20);3-6,11,14,16H,7-10H2,1-2H3. The van der Waals surface area contributed by atoms with Crippen LogP contribution >= 0.6 is 23.2 Å². The van der Waals surface area contributed by atoms with E-state index in [4.69, 9.17) is 28.3 Å². The Morgan fingerprint density at radius 3 is 1.76 bits per heavy atom. The Hall–Kier alpha value is -1.83. The Morgan fingerprint density at radius 1 is 0.892 bits per heavy atom. The number of halogens is 2. The second-order valence-corrected chi connectivity index (χ2v) is 11.5. The predicted molar refractivity (Wildman–Crippen MR) is 154 cm³/mol. The summed E-state index contributed by atoms with van der Waals surface area (Å²) in [4.78, 5) is 17.5. The zero-order chi connectivity index (χ0) is 26.9. The van der Waals surface area contributed by atoms with Gasteiger partial charge >= 0.3 is 6.09 Å². The highest BCUT2D eigenvalue weighted by Gasteiger charge is 2.31. The molecule has 1 amide bonds. The first-order valence-electron chi connectivity index (χ1n) is 13.3. The second-order valence-electron chi connectivity index (χ2n) is 10.6. The van der Waals surface area contributed by atoms with Crippen molar-refractivity contribution in [2.75, 3.05) is 26.2 Å². The maximum absolute atomic E-state index is 11.0. The van der Waals surface area contributed by atoms with Gasteiger partial charge in [-0.3, -0.25) is 9.80 Å². The van der Waals surface area contributed by atoms with E-state index >= 15 is 0 Å². The average Bonchev–Trinajstić information content (AvgIpc) is 3.56. The third-order valence-corrected chi connectivity index (χ3v) is 7.79. The maximum Gasteiger partial charge on any atom is 0.407 e. The number of carboxylic acid groups (broad SMARTS) is 1. The lowest BCUT2D eigenvalue weighted by molar-refractivity contribution is 0.130. The van der Waals surface area contributed by atoms with Crippen LogP contribution in [0.5, 0.6) is 0 Å². The summed E-state index contributed by atoms with van der Waals surface area (Å²) in [7, 11) is 0. The van der Waals surface area contributed by atoms with Crippen molar-refractivity contribution in [3.05, 3.63) is 69.7 Å². The molecule has 204 valence electrons. The molecule has 2 fully saturated rings. The highest BCUT2D eigenvalue weighted by molar-refractivity contribution is 6.30. The molecule has 2 aromatic rings. The first-order chi connectivity index (χ1) is 17.6. The Kier molecular flexibility index (Phi) is 11.5. The van der Waals surface area contributed by atoms with Gasteiger partial charge in [0, 0.05) is 66.9 Å². The Balaban J connectivity index is 0.000000208. The van der Waals surface area contributed by atoms with E-state index < -0.39 is 6.09 Å². The number of rotatable bonds is 8. The van der Waals surface area contributed by atoms with Crippen molar-refractivity contribution in [2.45, 2.75) is 77.8 Å². The molecule has 6 nitrogen and oxygen atoms in total. The van der Waals surface area contributed by atoms with Gasteiger partial charge in [0.1, 0.15) is 0 Å². The molecule has 0 aromatic heterocycles. The first-order valence-corrected chi connectivity index (χ1v) is 14.1. The van der Waals surface area contributed by atoms with Crippen LogP contribution in [-0.2, 0) is 13.1 Å². The summed E-state index contributed by atoms with van der Waals surface area (Å²) in [6, 6.07) is 18.0. The quantitative estimate of drug-likeness (QED) is 0.410. The summed E-state index contributed by atoms with van der Waals surface area (Å²) < 4.78 is 0. The summed E-state index contributed by atoms with van der Waals surface area (Å²) in [5, 5.41) is 14.1. The van der Waals surface area contributed by atoms with E-state index in [0.29, 0.717) is 37.3 Å². The van der Waals surface area contributed by atoms with Gasteiger partial charge in [0.05, 0.1) is 0 Å². The fourth-order valence-electron chi connectivity index (χ4n) is 5.18. The fourth-order valence-corrected chi connectivity index (χ4v) is 5.43. The molecular formula is C29H42Cl2N4O2. The summed E-state index contributed by atoms with van der Waals surface area (Å²) in [5.74, 6) is 0. The zero-order valence-electron chi connectivity index (χ0n) is 22.5. The number of amides is 1. The van der Waals surface area contributed by atoms with Crippen molar-refractivity contribution in [3.8, 4) is 0 Å². The Morgan fingerprint density at radius 2 is 1.38 bits per heavy atom. The van der Waals surface area contributed by atoms with Gasteiger partial charge < -0.3 is 15.3 Å². The molecule has 2 aliphatic rings. The minimum absolute atomic E-state index is 0.293. The highest BCUT2D eigenvalue weighted by Crippen LogP contribution is 2.22. The molecule has 0 bridgehead atoms. The molecule has 2 atom stereocenters. The van der Waals surface area contributed by atoms with Gasteiger partial charge in [-0.05, 0) is 82.5 Å². The van der Waals surface area contributed by atoms with E-state index in [1.54, 1.807) is 0 Å². The molecule has 0 spiro atoms. The number of hydrogen-bond donors (Lipinski definition) is 2. The van der Waals surface area contributed by atoms with Crippen molar-refractivity contribution in [1.82, 2.24) is 20.0 Å². The van der Waals surface area contributed by atoms with Gasteiger partial charge in [-0.25, -0.2) is 4.79 Å². The van der Waals surface area contributed by atoms with Gasteiger partial charge in [0.2, 0.25) is 0 Å². The Labute approximate surface area is 232 Å². The van der Waals surface area contributed by atoms with Crippen LogP contribution < -0.4 is 5.32 Å². The number of nitrogens with one attached hydrogen (secondary N) is 1. The lowest BCUT2D eigenvalue weighted by Gasteiger charge is -2.32. The number of hydrogen-bond acceptors (Lipinski definition) is 4. The monoisotopic (exact) mass is 548 g/mol. The molecule has 0 saturated carbocycles. The molecule has 0 radical (unpaired) electrons. The van der Waals surface area contributed by atoms with E-state index in [-0.39, 0.29) is 0 Å². The second kappa shape index (κ2) is 14.4. The van der Waals surface area contributed by atoms with E-state index in [2.05, 4.69) is 54.9 Å². The SMILES string of the molecule is CC(C)N(Cc1ccc(Cl)cc1)C1CCN(C(=O)O)C1.CC(C)N(Cc1ccc(Cl)cc1)C1CCNC1. The van der Waals surface area contributed by atoms with Crippen LogP contribution in [0.2, 0.25) is 10.0 Å². The summed E-state index contributed by atoms with van der Waals surface area (Å²) >= 11 is 11.8. The topological polar surface area (TPSA) is 59.1 Å². The molecule has 37 heavy (non-hydrogen) atoms. The predicted octanol–water partition coefficient (Wildman–Crippen LogP) is 6.22. The summed E-state index contributed by atoms with van der Waals surface area (Å²) in [5.41, 5.74) is 2.55. The molecule has 8 heteroatoms. The minimum atomic E-state index is -0.817. The number of likely N-dealkylation sites (tertiary alicyclic amines) is 1. The van der Waals surface area contributed by atoms with Crippen LogP contribution in [0.15, 0.2) is 48.5 Å².